The second kappa shape index (κ2) is 8.66. The van der Waals surface area contributed by atoms with Crippen molar-refractivity contribution in [2.24, 2.45) is 0 Å². The maximum atomic E-state index is 12.7. The first kappa shape index (κ1) is 20.1. The first-order valence-corrected chi connectivity index (χ1v) is 11.1. The van der Waals surface area contributed by atoms with Crippen molar-refractivity contribution in [3.8, 4) is 11.4 Å². The van der Waals surface area contributed by atoms with Gasteiger partial charge in [-0.2, -0.15) is 0 Å². The van der Waals surface area contributed by atoms with E-state index in [1.165, 1.54) is 5.56 Å². The summed E-state index contributed by atoms with van der Waals surface area (Å²) in [6.07, 6.45) is 0. The SMILES string of the molecule is COc1cc(Cl)c(Br)cc1-n1c(=O)ccc2cc(SCc3ccccc3)ccc21. The molecule has 0 N–H and O–H groups in total. The highest BCUT2D eigenvalue weighted by Crippen LogP contribution is 2.34. The molecule has 6 heteroatoms. The van der Waals surface area contributed by atoms with Crippen LogP contribution in [0.25, 0.3) is 16.6 Å². The average Bonchev–Trinajstić information content (AvgIpc) is 2.74. The summed E-state index contributed by atoms with van der Waals surface area (Å²) in [5, 5.41) is 1.51. The fraction of sp³-hybridized carbons (Fsp3) is 0.0870. The van der Waals surface area contributed by atoms with Gasteiger partial charge in [0.2, 0.25) is 0 Å². The molecule has 1 aromatic heterocycles. The molecule has 0 unspecified atom stereocenters. The van der Waals surface area contributed by atoms with Gasteiger partial charge in [-0.15, -0.1) is 11.8 Å². The van der Waals surface area contributed by atoms with E-state index in [4.69, 9.17) is 16.3 Å². The summed E-state index contributed by atoms with van der Waals surface area (Å²) in [5.74, 6) is 1.43. The standard InChI is InChI=1S/C23H17BrClNO2S/c1-28-22-13-19(25)18(24)12-21(22)26-20-9-8-17(11-16(20)7-10-23(26)27)29-14-15-5-3-2-4-6-15/h2-13H,14H2,1H3. The van der Waals surface area contributed by atoms with Crippen LogP contribution in [0.1, 0.15) is 5.56 Å². The number of aromatic nitrogens is 1. The largest absolute Gasteiger partial charge is 0.495 e. The van der Waals surface area contributed by atoms with Gasteiger partial charge in [0.05, 0.1) is 23.3 Å². The summed E-state index contributed by atoms with van der Waals surface area (Å²) in [6.45, 7) is 0. The van der Waals surface area contributed by atoms with Crippen LogP contribution in [0.2, 0.25) is 5.02 Å². The first-order chi connectivity index (χ1) is 14.1. The van der Waals surface area contributed by atoms with Crippen molar-refractivity contribution in [3.63, 3.8) is 0 Å². The van der Waals surface area contributed by atoms with Crippen molar-refractivity contribution in [2.75, 3.05) is 7.11 Å². The lowest BCUT2D eigenvalue weighted by molar-refractivity contribution is 0.413. The Balaban J connectivity index is 1.77. The van der Waals surface area contributed by atoms with E-state index in [1.54, 1.807) is 41.6 Å². The van der Waals surface area contributed by atoms with Crippen LogP contribution in [0.3, 0.4) is 0 Å². The molecule has 4 aromatic rings. The third-order valence-corrected chi connectivity index (χ3v) is 6.84. The number of ether oxygens (including phenoxy) is 1. The lowest BCUT2D eigenvalue weighted by Gasteiger charge is -2.15. The lowest BCUT2D eigenvalue weighted by Crippen LogP contribution is -2.18. The van der Waals surface area contributed by atoms with Crippen LogP contribution in [-0.4, -0.2) is 11.7 Å². The fourth-order valence-corrected chi connectivity index (χ4v) is 4.54. The molecular weight excluding hydrogens is 470 g/mol. The third kappa shape index (κ3) is 4.22. The number of methoxy groups -OCH3 is 1. The highest BCUT2D eigenvalue weighted by Gasteiger charge is 2.14. The molecule has 1 heterocycles. The predicted molar refractivity (Wildman–Crippen MR) is 125 cm³/mol. The van der Waals surface area contributed by atoms with Crippen LogP contribution in [-0.2, 0) is 5.75 Å². The smallest absolute Gasteiger partial charge is 0.255 e. The Hall–Kier alpha value is -2.21. The summed E-state index contributed by atoms with van der Waals surface area (Å²) in [4.78, 5) is 13.9. The molecule has 3 aromatic carbocycles. The van der Waals surface area contributed by atoms with E-state index in [1.807, 2.05) is 36.4 Å². The summed E-state index contributed by atoms with van der Waals surface area (Å²) < 4.78 is 7.84. The number of benzene rings is 3. The summed E-state index contributed by atoms with van der Waals surface area (Å²) in [5.41, 5.74) is 2.60. The molecule has 0 aliphatic carbocycles. The van der Waals surface area contributed by atoms with Crippen LogP contribution >= 0.6 is 39.3 Å². The zero-order chi connectivity index (χ0) is 20.4. The fourth-order valence-electron chi connectivity index (χ4n) is 3.16. The van der Waals surface area contributed by atoms with Gasteiger partial charge >= 0.3 is 0 Å². The van der Waals surface area contributed by atoms with Crippen LogP contribution in [0, 0.1) is 0 Å². The number of nitrogens with zero attached hydrogens (tertiary/aromatic N) is 1. The molecule has 0 saturated heterocycles. The molecule has 4 rings (SSSR count). The molecule has 0 spiro atoms. The highest BCUT2D eigenvalue weighted by atomic mass is 79.9. The number of thioether (sulfide) groups is 1. The van der Waals surface area contributed by atoms with Gasteiger partial charge in [0.1, 0.15) is 5.75 Å². The Bertz CT molecular complexity index is 1240. The van der Waals surface area contributed by atoms with Crippen molar-refractivity contribution in [1.29, 1.82) is 0 Å². The van der Waals surface area contributed by atoms with Crippen molar-refractivity contribution in [1.82, 2.24) is 4.57 Å². The van der Waals surface area contributed by atoms with Gasteiger partial charge in [0, 0.05) is 27.3 Å². The quantitative estimate of drug-likeness (QED) is 0.294. The normalized spacial score (nSPS) is 11.0. The van der Waals surface area contributed by atoms with Gasteiger partial charge in [-0.05, 0) is 57.2 Å². The number of halogens is 2. The van der Waals surface area contributed by atoms with Crippen LogP contribution < -0.4 is 10.3 Å². The lowest BCUT2D eigenvalue weighted by atomic mass is 10.2. The van der Waals surface area contributed by atoms with Gasteiger partial charge in [-0.3, -0.25) is 9.36 Å². The maximum absolute atomic E-state index is 12.7. The number of hydrogen-bond acceptors (Lipinski definition) is 3. The Morgan fingerprint density at radius 3 is 2.59 bits per heavy atom. The van der Waals surface area contributed by atoms with Gasteiger partial charge in [0.25, 0.3) is 5.56 Å². The topological polar surface area (TPSA) is 31.2 Å². The van der Waals surface area contributed by atoms with Gasteiger partial charge < -0.3 is 4.74 Å². The van der Waals surface area contributed by atoms with Crippen molar-refractivity contribution in [2.45, 2.75) is 10.6 Å². The molecule has 3 nitrogen and oxygen atoms in total. The third-order valence-electron chi connectivity index (χ3n) is 4.58. The molecule has 0 amide bonds. The minimum Gasteiger partial charge on any atom is -0.495 e. The van der Waals surface area contributed by atoms with E-state index in [-0.39, 0.29) is 5.56 Å². The van der Waals surface area contributed by atoms with Crippen molar-refractivity contribution in [3.05, 3.63) is 98.2 Å². The van der Waals surface area contributed by atoms with Gasteiger partial charge in [-0.25, -0.2) is 0 Å². The van der Waals surface area contributed by atoms with Crippen LogP contribution in [0.5, 0.6) is 5.75 Å². The van der Waals surface area contributed by atoms with Gasteiger partial charge in [0.15, 0.2) is 0 Å². The average molecular weight is 487 g/mol. The molecular formula is C23H17BrClNO2S. The van der Waals surface area contributed by atoms with E-state index in [0.29, 0.717) is 20.9 Å². The molecule has 146 valence electrons. The van der Waals surface area contributed by atoms with Crippen LogP contribution in [0.4, 0.5) is 0 Å². The summed E-state index contributed by atoms with van der Waals surface area (Å²) in [7, 11) is 1.57. The van der Waals surface area contributed by atoms with E-state index < -0.39 is 0 Å². The molecule has 0 saturated carbocycles. The Morgan fingerprint density at radius 2 is 1.83 bits per heavy atom. The maximum Gasteiger partial charge on any atom is 0.255 e. The van der Waals surface area contributed by atoms with E-state index in [0.717, 1.165) is 21.6 Å². The van der Waals surface area contributed by atoms with E-state index in [2.05, 4.69) is 34.1 Å². The molecule has 0 radical (unpaired) electrons. The first-order valence-electron chi connectivity index (χ1n) is 8.93. The predicted octanol–water partition coefficient (Wildman–Crippen LogP) is 6.71. The van der Waals surface area contributed by atoms with E-state index >= 15 is 0 Å². The van der Waals surface area contributed by atoms with Crippen molar-refractivity contribution >= 4 is 50.2 Å². The Morgan fingerprint density at radius 1 is 1.03 bits per heavy atom. The molecule has 0 atom stereocenters. The molecule has 29 heavy (non-hydrogen) atoms. The van der Waals surface area contributed by atoms with Crippen LogP contribution in [0.15, 0.2) is 87.0 Å². The van der Waals surface area contributed by atoms with Gasteiger partial charge in [-0.1, -0.05) is 41.9 Å². The van der Waals surface area contributed by atoms with E-state index in [9.17, 15) is 4.79 Å². The number of fused-ring (bicyclic) bond motifs is 1. The Labute approximate surface area is 186 Å². The molecule has 0 aliphatic heterocycles. The minimum atomic E-state index is -0.130. The highest BCUT2D eigenvalue weighted by molar-refractivity contribution is 9.10. The zero-order valence-electron chi connectivity index (χ0n) is 15.6. The summed E-state index contributed by atoms with van der Waals surface area (Å²) in [6, 6.07) is 23.4. The van der Waals surface area contributed by atoms with Crippen molar-refractivity contribution < 1.29 is 4.74 Å². The molecule has 0 bridgehead atoms. The second-order valence-corrected chi connectivity index (χ2v) is 8.75. The Kier molecular flexibility index (Phi) is 5.99. The number of pyridine rings is 1. The zero-order valence-corrected chi connectivity index (χ0v) is 18.7. The molecule has 0 aliphatic rings. The monoisotopic (exact) mass is 485 g/mol. The number of rotatable bonds is 5. The summed E-state index contributed by atoms with van der Waals surface area (Å²) >= 11 is 11.4. The number of hydrogen-bond donors (Lipinski definition) is 0. The minimum absolute atomic E-state index is 0.130. The second-order valence-electron chi connectivity index (χ2n) is 6.44. The molecule has 0 fully saturated rings.